The second-order valence-corrected chi connectivity index (χ2v) is 4.56. The van der Waals surface area contributed by atoms with Crippen LogP contribution in [0.5, 0.6) is 0 Å². The number of rotatable bonds is 6. The summed E-state index contributed by atoms with van der Waals surface area (Å²) in [6.45, 7) is 1.62. The van der Waals surface area contributed by atoms with Crippen LogP contribution in [0.1, 0.15) is 16.4 Å². The highest BCUT2D eigenvalue weighted by Gasteiger charge is 2.00. The Morgan fingerprint density at radius 2 is 2.12 bits per heavy atom. The zero-order chi connectivity index (χ0) is 11.2. The van der Waals surface area contributed by atoms with Gasteiger partial charge in [0.1, 0.15) is 18.1 Å². The molecule has 2 aromatic heterocycles. The van der Waals surface area contributed by atoms with Crippen molar-refractivity contribution in [3.05, 3.63) is 46.0 Å². The van der Waals surface area contributed by atoms with Gasteiger partial charge in [-0.2, -0.15) is 0 Å². The lowest BCUT2D eigenvalue weighted by molar-refractivity contribution is 0.243. The predicted octanol–water partition coefficient (Wildman–Crippen LogP) is 2.17. The van der Waals surface area contributed by atoms with Crippen LogP contribution in [0.2, 0.25) is 0 Å². The van der Waals surface area contributed by atoms with E-state index in [-0.39, 0.29) is 6.61 Å². The quantitative estimate of drug-likeness (QED) is 0.757. The lowest BCUT2D eigenvalue weighted by Crippen LogP contribution is -2.15. The van der Waals surface area contributed by atoms with Crippen molar-refractivity contribution in [2.75, 3.05) is 6.54 Å². The number of nitrogens with one attached hydrogen (secondary N) is 1. The Hall–Kier alpha value is -1.10. The van der Waals surface area contributed by atoms with Crippen LogP contribution >= 0.6 is 11.3 Å². The van der Waals surface area contributed by atoms with Crippen molar-refractivity contribution in [1.29, 1.82) is 0 Å². The molecule has 0 aliphatic rings. The zero-order valence-electron chi connectivity index (χ0n) is 8.98. The SMILES string of the molecule is OCc1ccc(CNCCc2cccs2)o1. The fourth-order valence-electron chi connectivity index (χ4n) is 1.48. The Morgan fingerprint density at radius 1 is 1.25 bits per heavy atom. The maximum absolute atomic E-state index is 8.83. The molecule has 0 radical (unpaired) electrons. The molecule has 0 amide bonds. The fourth-order valence-corrected chi connectivity index (χ4v) is 2.19. The smallest absolute Gasteiger partial charge is 0.129 e. The fraction of sp³-hybridized carbons (Fsp3) is 0.333. The van der Waals surface area contributed by atoms with Crippen LogP contribution in [0.4, 0.5) is 0 Å². The summed E-state index contributed by atoms with van der Waals surface area (Å²) in [7, 11) is 0. The summed E-state index contributed by atoms with van der Waals surface area (Å²) in [5.74, 6) is 1.49. The number of furan rings is 1. The number of aliphatic hydroxyl groups excluding tert-OH is 1. The largest absolute Gasteiger partial charge is 0.462 e. The van der Waals surface area contributed by atoms with E-state index in [1.54, 1.807) is 17.4 Å². The van der Waals surface area contributed by atoms with E-state index in [1.165, 1.54) is 4.88 Å². The minimum absolute atomic E-state index is 0.0325. The topological polar surface area (TPSA) is 45.4 Å². The van der Waals surface area contributed by atoms with E-state index in [0.29, 0.717) is 12.3 Å². The van der Waals surface area contributed by atoms with Crippen molar-refractivity contribution >= 4 is 11.3 Å². The van der Waals surface area contributed by atoms with Gasteiger partial charge in [-0.1, -0.05) is 6.07 Å². The molecule has 4 heteroatoms. The van der Waals surface area contributed by atoms with Crippen molar-refractivity contribution < 1.29 is 9.52 Å². The van der Waals surface area contributed by atoms with E-state index < -0.39 is 0 Å². The summed E-state index contributed by atoms with van der Waals surface area (Å²) in [4.78, 5) is 1.39. The standard InChI is InChI=1S/C12H15NO2S/c14-9-11-4-3-10(15-11)8-13-6-5-12-2-1-7-16-12/h1-4,7,13-14H,5-6,8-9H2. The highest BCUT2D eigenvalue weighted by Crippen LogP contribution is 2.09. The van der Waals surface area contributed by atoms with Gasteiger partial charge in [0.2, 0.25) is 0 Å². The molecule has 0 bridgehead atoms. The highest BCUT2D eigenvalue weighted by atomic mass is 32.1. The van der Waals surface area contributed by atoms with Gasteiger partial charge in [-0.25, -0.2) is 0 Å². The highest BCUT2D eigenvalue weighted by molar-refractivity contribution is 7.09. The average molecular weight is 237 g/mol. The molecular weight excluding hydrogens is 222 g/mol. The second-order valence-electron chi connectivity index (χ2n) is 3.53. The normalized spacial score (nSPS) is 10.8. The minimum atomic E-state index is -0.0325. The Morgan fingerprint density at radius 3 is 2.81 bits per heavy atom. The molecule has 0 fully saturated rings. The van der Waals surface area contributed by atoms with Crippen molar-refractivity contribution in [1.82, 2.24) is 5.32 Å². The zero-order valence-corrected chi connectivity index (χ0v) is 9.80. The van der Waals surface area contributed by atoms with Gasteiger partial charge >= 0.3 is 0 Å². The molecular formula is C12H15NO2S. The van der Waals surface area contributed by atoms with Crippen molar-refractivity contribution in [3.63, 3.8) is 0 Å². The van der Waals surface area contributed by atoms with Crippen LogP contribution < -0.4 is 5.32 Å². The van der Waals surface area contributed by atoms with Gasteiger partial charge in [0.25, 0.3) is 0 Å². The first kappa shape index (κ1) is 11.4. The van der Waals surface area contributed by atoms with Gasteiger partial charge in [0.05, 0.1) is 6.54 Å². The van der Waals surface area contributed by atoms with Crippen molar-refractivity contribution in [3.8, 4) is 0 Å². The molecule has 0 aliphatic carbocycles. The van der Waals surface area contributed by atoms with Gasteiger partial charge in [-0.05, 0) is 30.0 Å². The molecule has 2 aromatic rings. The third-order valence-electron chi connectivity index (χ3n) is 2.30. The molecule has 0 aromatic carbocycles. The molecule has 0 spiro atoms. The van der Waals surface area contributed by atoms with Crippen LogP contribution in [0.15, 0.2) is 34.1 Å². The molecule has 0 saturated heterocycles. The summed E-state index contributed by atoms with van der Waals surface area (Å²) in [5.41, 5.74) is 0. The van der Waals surface area contributed by atoms with Crippen molar-refractivity contribution in [2.45, 2.75) is 19.6 Å². The maximum Gasteiger partial charge on any atom is 0.129 e. The Bertz CT molecular complexity index is 408. The summed E-state index contributed by atoms with van der Waals surface area (Å²) in [5, 5.41) is 14.2. The molecule has 2 N–H and O–H groups in total. The Balaban J connectivity index is 1.68. The second kappa shape index (κ2) is 5.84. The van der Waals surface area contributed by atoms with Crippen molar-refractivity contribution in [2.24, 2.45) is 0 Å². The lowest BCUT2D eigenvalue weighted by atomic mass is 10.3. The van der Waals surface area contributed by atoms with Crippen LogP contribution in [0, 0.1) is 0 Å². The van der Waals surface area contributed by atoms with Crippen LogP contribution in [-0.4, -0.2) is 11.7 Å². The van der Waals surface area contributed by atoms with E-state index in [2.05, 4.69) is 22.8 Å². The number of hydrogen-bond donors (Lipinski definition) is 2. The van der Waals surface area contributed by atoms with E-state index in [9.17, 15) is 0 Å². The summed E-state index contributed by atoms with van der Waals surface area (Å²) in [6, 6.07) is 7.91. The lowest BCUT2D eigenvalue weighted by Gasteiger charge is -2.00. The molecule has 2 heterocycles. The van der Waals surface area contributed by atoms with E-state index in [0.717, 1.165) is 18.7 Å². The van der Waals surface area contributed by atoms with E-state index in [1.807, 2.05) is 6.07 Å². The molecule has 2 rings (SSSR count). The molecule has 86 valence electrons. The number of aliphatic hydroxyl groups is 1. The monoisotopic (exact) mass is 237 g/mol. The van der Waals surface area contributed by atoms with Crippen LogP contribution in [-0.2, 0) is 19.6 Å². The van der Waals surface area contributed by atoms with E-state index >= 15 is 0 Å². The summed E-state index contributed by atoms with van der Waals surface area (Å²) < 4.78 is 5.36. The van der Waals surface area contributed by atoms with E-state index in [4.69, 9.17) is 9.52 Å². The van der Waals surface area contributed by atoms with Gasteiger partial charge in [-0.15, -0.1) is 11.3 Å². The first-order valence-corrected chi connectivity index (χ1v) is 6.18. The van der Waals surface area contributed by atoms with Gasteiger partial charge < -0.3 is 14.8 Å². The molecule has 0 atom stereocenters. The summed E-state index contributed by atoms with van der Waals surface area (Å²) >= 11 is 1.78. The van der Waals surface area contributed by atoms with Gasteiger partial charge in [0, 0.05) is 11.4 Å². The van der Waals surface area contributed by atoms with Crippen LogP contribution in [0.25, 0.3) is 0 Å². The minimum Gasteiger partial charge on any atom is -0.462 e. The molecule has 0 aliphatic heterocycles. The molecule has 0 unspecified atom stereocenters. The number of thiophene rings is 1. The maximum atomic E-state index is 8.83. The summed E-state index contributed by atoms with van der Waals surface area (Å²) in [6.07, 6.45) is 1.05. The average Bonchev–Trinajstić information content (AvgIpc) is 2.95. The molecule has 0 saturated carbocycles. The van der Waals surface area contributed by atoms with Crippen LogP contribution in [0.3, 0.4) is 0 Å². The third kappa shape index (κ3) is 3.20. The third-order valence-corrected chi connectivity index (χ3v) is 3.24. The first-order chi connectivity index (χ1) is 7.88. The Kier molecular flexibility index (Phi) is 4.16. The van der Waals surface area contributed by atoms with Gasteiger partial charge in [0.15, 0.2) is 0 Å². The first-order valence-electron chi connectivity index (χ1n) is 5.30. The molecule has 16 heavy (non-hydrogen) atoms. The Labute approximate surface area is 98.7 Å². The molecule has 3 nitrogen and oxygen atoms in total. The predicted molar refractivity (Wildman–Crippen MR) is 64.4 cm³/mol. The van der Waals surface area contributed by atoms with Gasteiger partial charge in [-0.3, -0.25) is 0 Å². The number of hydrogen-bond acceptors (Lipinski definition) is 4.